The Bertz CT molecular complexity index is 523. The lowest BCUT2D eigenvalue weighted by atomic mass is 10.3. The molecule has 0 spiro atoms. The van der Waals surface area contributed by atoms with Gasteiger partial charge in [0.1, 0.15) is 0 Å². The first kappa shape index (κ1) is 14.7. The predicted molar refractivity (Wildman–Crippen MR) is 84.4 cm³/mol. The van der Waals surface area contributed by atoms with Crippen molar-refractivity contribution in [2.75, 3.05) is 5.73 Å². The van der Waals surface area contributed by atoms with Crippen molar-refractivity contribution in [3.8, 4) is 0 Å². The van der Waals surface area contributed by atoms with E-state index in [0.717, 1.165) is 5.69 Å². The van der Waals surface area contributed by atoms with Crippen LogP contribution in [0.25, 0.3) is 10.1 Å². The Hall–Kier alpha value is -1.39. The predicted octanol–water partition coefficient (Wildman–Crippen LogP) is 4.96. The molecule has 3 rings (SSSR count). The first-order valence-electron chi connectivity index (χ1n) is 5.85. The van der Waals surface area contributed by atoms with Crippen LogP contribution in [-0.4, -0.2) is 4.98 Å². The van der Waals surface area contributed by atoms with Gasteiger partial charge in [-0.25, -0.2) is 4.98 Å². The number of hydrogen-bond acceptors (Lipinski definition) is 4. The summed E-state index contributed by atoms with van der Waals surface area (Å²) in [7, 11) is 0. The molecular weight excluding hydrogens is 260 g/mol. The summed E-state index contributed by atoms with van der Waals surface area (Å²) in [6.45, 7) is 5.92. The Morgan fingerprint density at radius 1 is 1.06 bits per heavy atom. The van der Waals surface area contributed by atoms with E-state index in [9.17, 15) is 0 Å². The lowest BCUT2D eigenvalue weighted by Gasteiger charge is -1.82. The van der Waals surface area contributed by atoms with Gasteiger partial charge in [0.05, 0.1) is 5.69 Å². The second-order valence-electron chi connectivity index (χ2n) is 3.29. The summed E-state index contributed by atoms with van der Waals surface area (Å²) in [6.07, 6.45) is 0. The summed E-state index contributed by atoms with van der Waals surface area (Å²) in [6, 6.07) is 10.5. The molecule has 0 bridgehead atoms. The molecule has 0 atom stereocenters. The summed E-state index contributed by atoms with van der Waals surface area (Å²) in [5.74, 6) is 0. The number of aryl methyl sites for hydroxylation is 1. The van der Waals surface area contributed by atoms with Crippen molar-refractivity contribution in [2.24, 2.45) is 0 Å². The molecule has 2 nitrogen and oxygen atoms in total. The molecule has 0 aliphatic heterocycles. The maximum Gasteiger partial charge on any atom is 0.180 e. The number of aromatic nitrogens is 1. The number of nitrogen functional groups attached to an aromatic ring is 1. The molecule has 0 amide bonds. The molecule has 0 fully saturated rings. The van der Waals surface area contributed by atoms with Gasteiger partial charge in [0, 0.05) is 10.1 Å². The zero-order valence-electron chi connectivity index (χ0n) is 10.9. The third kappa shape index (κ3) is 4.47. The van der Waals surface area contributed by atoms with Gasteiger partial charge in [0.15, 0.2) is 5.13 Å². The number of benzene rings is 1. The molecule has 0 unspecified atom stereocenters. The summed E-state index contributed by atoms with van der Waals surface area (Å²) in [5.41, 5.74) is 6.29. The average Bonchev–Trinajstić information content (AvgIpc) is 3.01. The van der Waals surface area contributed by atoms with E-state index in [2.05, 4.69) is 40.7 Å². The lowest BCUT2D eigenvalue weighted by molar-refractivity contribution is 1.27. The Kier molecular flexibility index (Phi) is 6.39. The average molecular weight is 278 g/mol. The highest BCUT2D eigenvalue weighted by Crippen LogP contribution is 2.18. The quantitative estimate of drug-likeness (QED) is 0.631. The van der Waals surface area contributed by atoms with Crippen molar-refractivity contribution < 1.29 is 0 Å². The smallest absolute Gasteiger partial charge is 0.180 e. The van der Waals surface area contributed by atoms with Crippen LogP contribution in [0, 0.1) is 6.92 Å². The van der Waals surface area contributed by atoms with Gasteiger partial charge in [0.2, 0.25) is 0 Å². The van der Waals surface area contributed by atoms with Crippen LogP contribution in [0.3, 0.4) is 0 Å². The summed E-state index contributed by atoms with van der Waals surface area (Å²) in [4.78, 5) is 3.91. The number of nitrogens with two attached hydrogens (primary N) is 1. The van der Waals surface area contributed by atoms with Gasteiger partial charge in [-0.15, -0.1) is 22.7 Å². The van der Waals surface area contributed by atoms with E-state index in [0.29, 0.717) is 5.13 Å². The molecule has 0 radical (unpaired) electrons. The first-order valence-corrected chi connectivity index (χ1v) is 7.61. The third-order valence-corrected chi connectivity index (χ3v) is 3.69. The van der Waals surface area contributed by atoms with E-state index in [4.69, 9.17) is 5.73 Å². The topological polar surface area (TPSA) is 38.9 Å². The van der Waals surface area contributed by atoms with Crippen LogP contribution in [-0.2, 0) is 0 Å². The Balaban J connectivity index is 0.000000163. The van der Waals surface area contributed by atoms with Crippen LogP contribution in [0.1, 0.15) is 19.5 Å². The van der Waals surface area contributed by atoms with Crippen LogP contribution in [0.5, 0.6) is 0 Å². The Morgan fingerprint density at radius 2 is 1.78 bits per heavy atom. The molecule has 0 saturated heterocycles. The summed E-state index contributed by atoms with van der Waals surface area (Å²) in [5, 5.41) is 6.04. The normalized spacial score (nSPS) is 9.06. The SMILES string of the molecule is CC.Cc1csc(N)n1.c1ccc2sccc2c1. The van der Waals surface area contributed by atoms with Crippen LogP contribution in [0.4, 0.5) is 5.13 Å². The number of nitrogens with zero attached hydrogens (tertiary/aromatic N) is 1. The molecular formula is C14H18N2S2. The Morgan fingerprint density at radius 3 is 2.28 bits per heavy atom. The zero-order chi connectivity index (χ0) is 13.4. The van der Waals surface area contributed by atoms with E-state index < -0.39 is 0 Å². The maximum absolute atomic E-state index is 5.29. The standard InChI is InChI=1S/C8H6S.C4H6N2S.C2H6/c1-2-4-8-7(3-1)5-6-9-8;1-3-2-7-4(5)6-3;1-2/h1-6H;2H,1H3,(H2,5,6);1-2H3. The molecule has 4 heteroatoms. The van der Waals surface area contributed by atoms with Gasteiger partial charge in [-0.3, -0.25) is 0 Å². The van der Waals surface area contributed by atoms with Crippen molar-refractivity contribution in [3.63, 3.8) is 0 Å². The monoisotopic (exact) mass is 278 g/mol. The minimum atomic E-state index is 0.650. The van der Waals surface area contributed by atoms with E-state index in [1.165, 1.54) is 21.4 Å². The zero-order valence-corrected chi connectivity index (χ0v) is 12.5. The number of rotatable bonds is 0. The van der Waals surface area contributed by atoms with E-state index in [-0.39, 0.29) is 0 Å². The summed E-state index contributed by atoms with van der Waals surface area (Å²) < 4.78 is 1.37. The van der Waals surface area contributed by atoms with E-state index >= 15 is 0 Å². The van der Waals surface area contributed by atoms with E-state index in [1.807, 2.05) is 26.2 Å². The minimum Gasteiger partial charge on any atom is -0.375 e. The number of hydrogen-bond donors (Lipinski definition) is 1. The molecule has 0 aliphatic rings. The second-order valence-corrected chi connectivity index (χ2v) is 5.12. The van der Waals surface area contributed by atoms with Gasteiger partial charge in [-0.2, -0.15) is 0 Å². The lowest BCUT2D eigenvalue weighted by Crippen LogP contribution is -1.80. The maximum atomic E-state index is 5.29. The number of thiophene rings is 1. The Labute approximate surface area is 116 Å². The molecule has 0 aliphatic carbocycles. The minimum absolute atomic E-state index is 0.650. The van der Waals surface area contributed by atoms with Crippen molar-refractivity contribution in [1.82, 2.24) is 4.98 Å². The van der Waals surface area contributed by atoms with Gasteiger partial charge in [-0.05, 0) is 29.8 Å². The molecule has 2 aromatic heterocycles. The molecule has 1 aromatic carbocycles. The van der Waals surface area contributed by atoms with Crippen molar-refractivity contribution in [3.05, 3.63) is 46.8 Å². The molecule has 2 N–H and O–H groups in total. The van der Waals surface area contributed by atoms with Gasteiger partial charge < -0.3 is 5.73 Å². The third-order valence-electron chi connectivity index (χ3n) is 2.00. The van der Waals surface area contributed by atoms with Crippen LogP contribution < -0.4 is 5.73 Å². The van der Waals surface area contributed by atoms with Crippen molar-refractivity contribution in [2.45, 2.75) is 20.8 Å². The highest BCUT2D eigenvalue weighted by atomic mass is 32.1. The van der Waals surface area contributed by atoms with E-state index in [1.54, 1.807) is 11.3 Å². The highest BCUT2D eigenvalue weighted by molar-refractivity contribution is 7.17. The fourth-order valence-electron chi connectivity index (χ4n) is 1.28. The van der Waals surface area contributed by atoms with Gasteiger partial charge in [0.25, 0.3) is 0 Å². The van der Waals surface area contributed by atoms with Gasteiger partial charge in [-0.1, -0.05) is 32.0 Å². The summed E-state index contributed by atoms with van der Waals surface area (Å²) >= 11 is 3.26. The van der Waals surface area contributed by atoms with Gasteiger partial charge >= 0.3 is 0 Å². The molecule has 2 heterocycles. The number of fused-ring (bicyclic) bond motifs is 1. The van der Waals surface area contributed by atoms with Crippen LogP contribution in [0.15, 0.2) is 41.1 Å². The van der Waals surface area contributed by atoms with Crippen molar-refractivity contribution in [1.29, 1.82) is 0 Å². The molecule has 96 valence electrons. The second kappa shape index (κ2) is 7.84. The van der Waals surface area contributed by atoms with Crippen LogP contribution >= 0.6 is 22.7 Å². The first-order chi connectivity index (χ1) is 8.75. The molecule has 3 aromatic rings. The largest absolute Gasteiger partial charge is 0.375 e. The van der Waals surface area contributed by atoms with Crippen molar-refractivity contribution >= 4 is 37.9 Å². The molecule has 18 heavy (non-hydrogen) atoms. The highest BCUT2D eigenvalue weighted by Gasteiger charge is 1.88. The number of thiazole rings is 1. The molecule has 0 saturated carbocycles. The number of anilines is 1. The fourth-order valence-corrected chi connectivity index (χ4v) is 2.61. The fraction of sp³-hybridized carbons (Fsp3) is 0.214. The van der Waals surface area contributed by atoms with Crippen LogP contribution in [0.2, 0.25) is 0 Å².